The van der Waals surface area contributed by atoms with Gasteiger partial charge in [0.25, 0.3) is 0 Å². The fourth-order valence-electron chi connectivity index (χ4n) is 2.85. The van der Waals surface area contributed by atoms with Crippen molar-refractivity contribution >= 4 is 37.3 Å². The van der Waals surface area contributed by atoms with E-state index in [0.29, 0.717) is 11.4 Å². The van der Waals surface area contributed by atoms with Gasteiger partial charge in [-0.3, -0.25) is 0 Å². The van der Waals surface area contributed by atoms with Crippen molar-refractivity contribution < 1.29 is 8.42 Å². The fraction of sp³-hybridized carbons (Fsp3) is 0.333. The van der Waals surface area contributed by atoms with Gasteiger partial charge in [0, 0.05) is 11.4 Å². The van der Waals surface area contributed by atoms with Crippen LogP contribution in [0.25, 0.3) is 0 Å². The Morgan fingerprint density at radius 1 is 1.29 bits per heavy atom. The molecule has 1 saturated heterocycles. The van der Waals surface area contributed by atoms with Gasteiger partial charge in [0.1, 0.15) is 0 Å². The molecule has 0 aliphatic carbocycles. The normalized spacial score (nSPS) is 20.0. The Hall–Kier alpha value is -0.690. The molecular formula is C15H16BrNO2S2. The Kier molecular flexibility index (Phi) is 4.23. The van der Waals surface area contributed by atoms with Crippen LogP contribution < -0.4 is 0 Å². The lowest BCUT2D eigenvalue weighted by atomic mass is 10.1. The van der Waals surface area contributed by atoms with Crippen LogP contribution in [0.5, 0.6) is 0 Å². The summed E-state index contributed by atoms with van der Waals surface area (Å²) in [4.78, 5) is 1.27. The third kappa shape index (κ3) is 2.82. The van der Waals surface area contributed by atoms with Crippen LogP contribution in [0.15, 0.2) is 45.1 Å². The molecule has 1 aliphatic heterocycles. The van der Waals surface area contributed by atoms with Crippen LogP contribution in [0.4, 0.5) is 0 Å². The van der Waals surface area contributed by atoms with Gasteiger partial charge in [0.05, 0.1) is 14.7 Å². The van der Waals surface area contributed by atoms with E-state index in [-0.39, 0.29) is 6.04 Å². The van der Waals surface area contributed by atoms with Crippen LogP contribution in [-0.4, -0.2) is 19.3 Å². The maximum Gasteiger partial charge on any atom is 0.244 e. The molecule has 1 atom stereocenters. The van der Waals surface area contributed by atoms with Crippen LogP contribution in [0.1, 0.15) is 29.3 Å². The summed E-state index contributed by atoms with van der Waals surface area (Å²) in [6, 6.07) is 11.6. The number of aryl methyl sites for hydroxylation is 1. The lowest BCUT2D eigenvalue weighted by Gasteiger charge is -2.24. The van der Waals surface area contributed by atoms with E-state index in [2.05, 4.69) is 15.9 Å². The van der Waals surface area contributed by atoms with Crippen LogP contribution in [0.2, 0.25) is 0 Å². The first-order valence-corrected chi connectivity index (χ1v) is 9.88. The molecule has 6 heteroatoms. The summed E-state index contributed by atoms with van der Waals surface area (Å²) in [6.45, 7) is 2.45. The molecule has 112 valence electrons. The van der Waals surface area contributed by atoms with E-state index < -0.39 is 10.0 Å². The third-order valence-corrected chi connectivity index (χ3v) is 7.53. The number of hydrogen-bond acceptors (Lipinski definition) is 3. The highest BCUT2D eigenvalue weighted by Crippen LogP contribution is 2.39. The maximum absolute atomic E-state index is 13.0. The molecule has 0 saturated carbocycles. The Balaban J connectivity index is 2.00. The minimum Gasteiger partial charge on any atom is -0.207 e. The molecule has 3 rings (SSSR count). The molecule has 1 aromatic heterocycles. The van der Waals surface area contributed by atoms with Crippen LogP contribution in [0, 0.1) is 6.92 Å². The monoisotopic (exact) mass is 385 g/mol. The second-order valence-electron chi connectivity index (χ2n) is 5.16. The van der Waals surface area contributed by atoms with E-state index in [1.54, 1.807) is 10.4 Å². The fourth-order valence-corrected chi connectivity index (χ4v) is 6.92. The number of nitrogens with zero attached hydrogens (tertiary/aromatic N) is 1. The summed E-state index contributed by atoms with van der Waals surface area (Å²) in [6.07, 6.45) is 1.79. The first-order chi connectivity index (χ1) is 10.00. The number of rotatable bonds is 3. The Bertz CT molecular complexity index is 740. The van der Waals surface area contributed by atoms with Gasteiger partial charge in [-0.25, -0.2) is 8.42 Å². The largest absolute Gasteiger partial charge is 0.244 e. The van der Waals surface area contributed by atoms with Gasteiger partial charge in [0.15, 0.2) is 0 Å². The van der Waals surface area contributed by atoms with E-state index in [0.717, 1.165) is 27.1 Å². The maximum atomic E-state index is 13.0. The molecule has 2 aromatic rings. The molecule has 0 radical (unpaired) electrons. The minimum atomic E-state index is -3.43. The average molecular weight is 386 g/mol. The van der Waals surface area contributed by atoms with Gasteiger partial charge in [-0.15, -0.1) is 11.3 Å². The number of thiophene rings is 1. The highest BCUT2D eigenvalue weighted by atomic mass is 79.9. The van der Waals surface area contributed by atoms with E-state index in [9.17, 15) is 8.42 Å². The van der Waals surface area contributed by atoms with Crippen molar-refractivity contribution in [3.8, 4) is 0 Å². The molecular weight excluding hydrogens is 370 g/mol. The van der Waals surface area contributed by atoms with E-state index >= 15 is 0 Å². The number of benzene rings is 1. The van der Waals surface area contributed by atoms with Gasteiger partial charge < -0.3 is 0 Å². The van der Waals surface area contributed by atoms with E-state index in [1.165, 1.54) is 11.3 Å². The van der Waals surface area contributed by atoms with E-state index in [1.807, 2.05) is 37.3 Å². The van der Waals surface area contributed by atoms with E-state index in [4.69, 9.17) is 0 Å². The topological polar surface area (TPSA) is 37.4 Å². The standard InChI is InChI=1S/C15H16BrNO2S2/c1-11-14(10-15(16)20-11)21(18,19)17-9-5-8-13(17)12-6-3-2-4-7-12/h2-4,6-7,10,13H,5,8-9H2,1H3. The van der Waals surface area contributed by atoms with Gasteiger partial charge in [0.2, 0.25) is 10.0 Å². The summed E-state index contributed by atoms with van der Waals surface area (Å²) >= 11 is 4.84. The molecule has 1 aliphatic rings. The SMILES string of the molecule is Cc1sc(Br)cc1S(=O)(=O)N1CCCC1c1ccccc1. The molecule has 21 heavy (non-hydrogen) atoms. The summed E-state index contributed by atoms with van der Waals surface area (Å²) < 4.78 is 28.4. The molecule has 0 spiro atoms. The summed E-state index contributed by atoms with van der Waals surface area (Å²) in [5.74, 6) is 0. The van der Waals surface area contributed by atoms with Gasteiger partial charge >= 0.3 is 0 Å². The van der Waals surface area contributed by atoms with Crippen molar-refractivity contribution in [1.82, 2.24) is 4.31 Å². The zero-order valence-corrected chi connectivity index (χ0v) is 14.8. The zero-order valence-electron chi connectivity index (χ0n) is 11.6. The summed E-state index contributed by atoms with van der Waals surface area (Å²) in [5.41, 5.74) is 1.07. The van der Waals surface area contributed by atoms with Gasteiger partial charge in [-0.2, -0.15) is 4.31 Å². The van der Waals surface area contributed by atoms with Crippen molar-refractivity contribution in [1.29, 1.82) is 0 Å². The number of halogens is 1. The lowest BCUT2D eigenvalue weighted by Crippen LogP contribution is -2.30. The van der Waals surface area contributed by atoms with Gasteiger partial charge in [-0.1, -0.05) is 30.3 Å². The van der Waals surface area contributed by atoms with Crippen molar-refractivity contribution in [2.75, 3.05) is 6.54 Å². The molecule has 1 aromatic carbocycles. The van der Waals surface area contributed by atoms with Crippen molar-refractivity contribution in [3.05, 3.63) is 50.6 Å². The highest BCUT2D eigenvalue weighted by Gasteiger charge is 2.37. The number of hydrogen-bond donors (Lipinski definition) is 0. The minimum absolute atomic E-state index is 0.0470. The molecule has 0 bridgehead atoms. The van der Waals surface area contributed by atoms with Crippen LogP contribution in [0.3, 0.4) is 0 Å². The smallest absolute Gasteiger partial charge is 0.207 e. The summed E-state index contributed by atoms with van der Waals surface area (Å²) in [5, 5.41) is 0. The zero-order chi connectivity index (χ0) is 15.0. The number of sulfonamides is 1. The van der Waals surface area contributed by atoms with Crippen LogP contribution >= 0.6 is 27.3 Å². The molecule has 3 nitrogen and oxygen atoms in total. The first kappa shape index (κ1) is 15.2. The second kappa shape index (κ2) is 5.83. The third-order valence-electron chi connectivity index (χ3n) is 3.82. The molecule has 1 fully saturated rings. The second-order valence-corrected chi connectivity index (χ2v) is 9.65. The Morgan fingerprint density at radius 3 is 2.62 bits per heavy atom. The van der Waals surface area contributed by atoms with Crippen molar-refractivity contribution in [2.24, 2.45) is 0 Å². The highest BCUT2D eigenvalue weighted by molar-refractivity contribution is 9.11. The van der Waals surface area contributed by atoms with Gasteiger partial charge in [-0.05, 0) is 47.3 Å². The van der Waals surface area contributed by atoms with Crippen molar-refractivity contribution in [3.63, 3.8) is 0 Å². The molecule has 2 heterocycles. The average Bonchev–Trinajstić information content (AvgIpc) is 3.07. The predicted octanol–water partition coefficient (Wildman–Crippen LogP) is 4.34. The quantitative estimate of drug-likeness (QED) is 0.787. The molecule has 0 amide bonds. The van der Waals surface area contributed by atoms with Crippen molar-refractivity contribution in [2.45, 2.75) is 30.7 Å². The van der Waals surface area contributed by atoms with Crippen LogP contribution in [-0.2, 0) is 10.0 Å². The lowest BCUT2D eigenvalue weighted by molar-refractivity contribution is 0.396. The predicted molar refractivity (Wildman–Crippen MR) is 89.1 cm³/mol. The Labute approximate surface area is 137 Å². The molecule has 0 N–H and O–H groups in total. The molecule has 1 unspecified atom stereocenters. The first-order valence-electron chi connectivity index (χ1n) is 6.83. The summed E-state index contributed by atoms with van der Waals surface area (Å²) in [7, 11) is -3.43. The Morgan fingerprint density at radius 2 is 2.00 bits per heavy atom.